The summed E-state index contributed by atoms with van der Waals surface area (Å²) in [6.07, 6.45) is 2.23. The van der Waals surface area contributed by atoms with E-state index in [1.54, 1.807) is 7.11 Å². The van der Waals surface area contributed by atoms with Crippen molar-refractivity contribution in [1.29, 1.82) is 0 Å². The van der Waals surface area contributed by atoms with Crippen molar-refractivity contribution in [2.24, 2.45) is 0 Å². The van der Waals surface area contributed by atoms with Crippen LogP contribution in [-0.2, 0) is 10.2 Å². The van der Waals surface area contributed by atoms with Gasteiger partial charge in [-0.3, -0.25) is 0 Å². The summed E-state index contributed by atoms with van der Waals surface area (Å²) in [6, 6.07) is 9.41. The number of carbonyl (C=O) groups is 1. The average Bonchev–Trinajstić information content (AvgIpc) is 3.05. The van der Waals surface area contributed by atoms with E-state index in [0.29, 0.717) is 12.3 Å². The quantitative estimate of drug-likeness (QED) is 0.906. The maximum Gasteiger partial charge on any atom is 0.374 e. The largest absolute Gasteiger partial charge is 0.475 e. The lowest BCUT2D eigenvalue weighted by molar-refractivity contribution is 0.0652. The number of carboxylic acid groups (broad SMARTS) is 1. The van der Waals surface area contributed by atoms with Crippen LogP contribution in [0.15, 0.2) is 34.9 Å². The second-order valence-electron chi connectivity index (χ2n) is 5.18. The standard InChI is InChI=1S/C15H15NO4/c1-19-9-15(5-6-15)11-4-2-3-10(7-11)12-8-13(14(17)18)20-16-12/h2-4,7-8H,5-6,9H2,1H3,(H,17,18). The van der Waals surface area contributed by atoms with Gasteiger partial charge in [-0.1, -0.05) is 23.4 Å². The van der Waals surface area contributed by atoms with E-state index in [1.165, 1.54) is 11.6 Å². The first kappa shape index (κ1) is 12.9. The highest BCUT2D eigenvalue weighted by atomic mass is 16.5. The molecule has 20 heavy (non-hydrogen) atoms. The Hall–Kier alpha value is -2.14. The smallest absolute Gasteiger partial charge is 0.374 e. The van der Waals surface area contributed by atoms with Crippen molar-refractivity contribution in [3.05, 3.63) is 41.7 Å². The van der Waals surface area contributed by atoms with Crippen LogP contribution in [0, 0.1) is 0 Å². The van der Waals surface area contributed by atoms with Crippen LogP contribution in [0.3, 0.4) is 0 Å². The highest BCUT2D eigenvalue weighted by Gasteiger charge is 2.44. The van der Waals surface area contributed by atoms with E-state index in [2.05, 4.69) is 11.2 Å². The number of carboxylic acids is 1. The molecule has 1 aromatic carbocycles. The zero-order valence-electron chi connectivity index (χ0n) is 11.1. The second kappa shape index (κ2) is 4.76. The minimum Gasteiger partial charge on any atom is -0.475 e. The van der Waals surface area contributed by atoms with Crippen LogP contribution in [0.4, 0.5) is 0 Å². The van der Waals surface area contributed by atoms with Crippen molar-refractivity contribution in [1.82, 2.24) is 5.16 Å². The molecule has 0 radical (unpaired) electrons. The lowest BCUT2D eigenvalue weighted by atomic mass is 9.94. The fraction of sp³-hybridized carbons (Fsp3) is 0.333. The summed E-state index contributed by atoms with van der Waals surface area (Å²) < 4.78 is 10.1. The molecule has 0 aliphatic heterocycles. The number of methoxy groups -OCH3 is 1. The molecule has 0 atom stereocenters. The molecule has 1 aromatic heterocycles. The SMILES string of the molecule is COCC1(c2cccc(-c3cc(C(=O)O)on3)c2)CC1. The topological polar surface area (TPSA) is 72.6 Å². The van der Waals surface area contributed by atoms with Gasteiger partial charge < -0.3 is 14.4 Å². The number of benzene rings is 1. The molecule has 0 spiro atoms. The van der Waals surface area contributed by atoms with Gasteiger partial charge in [0.2, 0.25) is 5.76 Å². The molecule has 5 heteroatoms. The van der Waals surface area contributed by atoms with Crippen molar-refractivity contribution in [3.63, 3.8) is 0 Å². The monoisotopic (exact) mass is 273 g/mol. The van der Waals surface area contributed by atoms with Gasteiger partial charge in [-0.25, -0.2) is 4.79 Å². The van der Waals surface area contributed by atoms with Gasteiger partial charge in [-0.05, 0) is 24.5 Å². The first-order valence-electron chi connectivity index (χ1n) is 6.44. The Morgan fingerprint density at radius 3 is 2.85 bits per heavy atom. The van der Waals surface area contributed by atoms with E-state index in [9.17, 15) is 4.79 Å². The Morgan fingerprint density at radius 1 is 1.45 bits per heavy atom. The fourth-order valence-electron chi connectivity index (χ4n) is 2.46. The van der Waals surface area contributed by atoms with Crippen LogP contribution in [0.5, 0.6) is 0 Å². The van der Waals surface area contributed by atoms with Crippen LogP contribution >= 0.6 is 0 Å². The maximum atomic E-state index is 10.8. The highest BCUT2D eigenvalue weighted by Crippen LogP contribution is 2.48. The summed E-state index contributed by atoms with van der Waals surface area (Å²) in [7, 11) is 1.71. The third kappa shape index (κ3) is 2.20. The van der Waals surface area contributed by atoms with Crippen molar-refractivity contribution in [2.75, 3.05) is 13.7 Å². The summed E-state index contributed by atoms with van der Waals surface area (Å²) in [6.45, 7) is 0.704. The molecular weight excluding hydrogens is 258 g/mol. The predicted molar refractivity (Wildman–Crippen MR) is 71.7 cm³/mol. The number of hydrogen-bond acceptors (Lipinski definition) is 4. The summed E-state index contributed by atoms with van der Waals surface area (Å²) in [5.41, 5.74) is 2.72. The third-order valence-corrected chi connectivity index (χ3v) is 3.77. The van der Waals surface area contributed by atoms with Gasteiger partial charge in [0.1, 0.15) is 5.69 Å². The lowest BCUT2D eigenvalue weighted by Gasteiger charge is -2.15. The molecule has 2 aromatic rings. The molecule has 0 unspecified atom stereocenters. The predicted octanol–water partition coefficient (Wildman–Crippen LogP) is 2.72. The fourth-order valence-corrected chi connectivity index (χ4v) is 2.46. The average molecular weight is 273 g/mol. The first-order valence-corrected chi connectivity index (χ1v) is 6.44. The van der Waals surface area contributed by atoms with E-state index < -0.39 is 5.97 Å². The van der Waals surface area contributed by atoms with Gasteiger partial charge in [0, 0.05) is 24.2 Å². The molecule has 1 aliphatic rings. The number of aromatic nitrogens is 1. The van der Waals surface area contributed by atoms with Crippen LogP contribution in [0.2, 0.25) is 0 Å². The van der Waals surface area contributed by atoms with E-state index in [0.717, 1.165) is 18.4 Å². The Bertz CT molecular complexity index is 643. The zero-order valence-corrected chi connectivity index (χ0v) is 11.1. The van der Waals surface area contributed by atoms with Crippen molar-refractivity contribution >= 4 is 5.97 Å². The van der Waals surface area contributed by atoms with Gasteiger partial charge in [0.15, 0.2) is 0 Å². The van der Waals surface area contributed by atoms with E-state index in [1.807, 2.05) is 18.2 Å². The number of nitrogens with zero attached hydrogens (tertiary/aromatic N) is 1. The van der Waals surface area contributed by atoms with Crippen molar-refractivity contribution in [2.45, 2.75) is 18.3 Å². The molecule has 1 fully saturated rings. The lowest BCUT2D eigenvalue weighted by Crippen LogP contribution is -2.13. The Morgan fingerprint density at radius 2 is 2.25 bits per heavy atom. The third-order valence-electron chi connectivity index (χ3n) is 3.77. The number of ether oxygens (including phenoxy) is 1. The van der Waals surface area contributed by atoms with Crippen LogP contribution in [-0.4, -0.2) is 29.9 Å². The Kier molecular flexibility index (Phi) is 3.06. The summed E-state index contributed by atoms with van der Waals surface area (Å²) in [5, 5.41) is 12.7. The molecule has 0 saturated heterocycles. The molecule has 104 valence electrons. The summed E-state index contributed by atoms with van der Waals surface area (Å²) in [4.78, 5) is 10.8. The first-order chi connectivity index (χ1) is 9.64. The maximum absolute atomic E-state index is 10.8. The zero-order chi connectivity index (χ0) is 14.2. The molecule has 1 saturated carbocycles. The normalized spacial score (nSPS) is 16.1. The molecule has 1 heterocycles. The van der Waals surface area contributed by atoms with E-state index >= 15 is 0 Å². The van der Waals surface area contributed by atoms with Gasteiger partial charge in [-0.2, -0.15) is 0 Å². The number of aromatic carboxylic acids is 1. The molecule has 0 amide bonds. The van der Waals surface area contributed by atoms with Crippen LogP contribution in [0.25, 0.3) is 11.3 Å². The van der Waals surface area contributed by atoms with E-state index in [4.69, 9.17) is 14.4 Å². The van der Waals surface area contributed by atoms with Crippen molar-refractivity contribution < 1.29 is 19.2 Å². The van der Waals surface area contributed by atoms with Gasteiger partial charge in [0.25, 0.3) is 0 Å². The number of hydrogen-bond donors (Lipinski definition) is 1. The van der Waals surface area contributed by atoms with Gasteiger partial charge in [0.05, 0.1) is 6.61 Å². The molecule has 5 nitrogen and oxygen atoms in total. The van der Waals surface area contributed by atoms with Gasteiger partial charge >= 0.3 is 5.97 Å². The molecule has 3 rings (SSSR count). The van der Waals surface area contributed by atoms with Crippen LogP contribution < -0.4 is 0 Å². The van der Waals surface area contributed by atoms with E-state index in [-0.39, 0.29) is 11.2 Å². The minimum absolute atomic E-state index is 0.115. The molecular formula is C15H15NO4. The second-order valence-corrected chi connectivity index (χ2v) is 5.18. The minimum atomic E-state index is -1.11. The Labute approximate surface area is 116 Å². The van der Waals surface area contributed by atoms with Crippen molar-refractivity contribution in [3.8, 4) is 11.3 Å². The Balaban J connectivity index is 1.93. The molecule has 0 bridgehead atoms. The van der Waals surface area contributed by atoms with Crippen LogP contribution in [0.1, 0.15) is 29.0 Å². The summed E-state index contributed by atoms with van der Waals surface area (Å²) >= 11 is 0. The molecule has 1 N–H and O–H groups in total. The summed E-state index contributed by atoms with van der Waals surface area (Å²) in [5.74, 6) is -1.26. The highest BCUT2D eigenvalue weighted by molar-refractivity contribution is 5.85. The molecule has 1 aliphatic carbocycles. The number of rotatable bonds is 5. The van der Waals surface area contributed by atoms with Gasteiger partial charge in [-0.15, -0.1) is 0 Å².